The summed E-state index contributed by atoms with van der Waals surface area (Å²) in [6.07, 6.45) is 11.7. The summed E-state index contributed by atoms with van der Waals surface area (Å²) in [6, 6.07) is 0. The largest absolute Gasteiger partial charge is 1.00 e. The van der Waals surface area contributed by atoms with Gasteiger partial charge in [-0.2, -0.15) is 15.1 Å². The minimum Gasteiger partial charge on any atom is -0.308 e. The van der Waals surface area contributed by atoms with Gasteiger partial charge in [0.15, 0.2) is 0 Å². The molecule has 0 radical (unpaired) electrons. The van der Waals surface area contributed by atoms with Crippen molar-refractivity contribution in [3.8, 4) is 11.7 Å². The van der Waals surface area contributed by atoms with Crippen LogP contribution in [0, 0.1) is 23.6 Å². The molecule has 0 aliphatic heterocycles. The molecule has 0 amide bonds. The Bertz CT molecular complexity index is 445. The molecular weight excluding hydrogens is 433 g/mol. The van der Waals surface area contributed by atoms with Crippen LogP contribution in [0.1, 0.15) is 107 Å². The van der Waals surface area contributed by atoms with Crippen molar-refractivity contribution >= 4 is 28.7 Å². The van der Waals surface area contributed by atoms with Gasteiger partial charge in [-0.1, -0.05) is 122 Å². The Morgan fingerprint density at radius 3 is 1.81 bits per heavy atom. The van der Waals surface area contributed by atoms with Crippen LogP contribution in [0.2, 0.25) is 11.6 Å². The zero-order valence-electron chi connectivity index (χ0n) is 20.0. The van der Waals surface area contributed by atoms with Gasteiger partial charge in [-0.05, 0) is 12.8 Å². The standard InChI is InChI=1S/C24H45BI.Li/c1-9-11-13-14-15-17-19-25(22(7)20(3)4,23(8)21(5)6)24(26)18-16-12-10-2;/h18,20-23H,9-16H2,1-8H3;/q-1;+1/b24-18-;. The molecule has 0 aliphatic carbocycles. The summed E-state index contributed by atoms with van der Waals surface area (Å²) < 4.78 is 1.56. The molecule has 0 aromatic heterocycles. The summed E-state index contributed by atoms with van der Waals surface area (Å²) in [5, 5.41) is 0. The second-order valence-electron chi connectivity index (χ2n) is 9.07. The third kappa shape index (κ3) is 9.83. The van der Waals surface area contributed by atoms with E-state index in [0.29, 0.717) is 23.5 Å². The van der Waals surface area contributed by atoms with Crippen molar-refractivity contribution in [2.24, 2.45) is 11.8 Å². The summed E-state index contributed by atoms with van der Waals surface area (Å²) in [7, 11) is 0. The van der Waals surface area contributed by atoms with Crippen molar-refractivity contribution in [2.75, 3.05) is 0 Å². The van der Waals surface area contributed by atoms with Crippen LogP contribution in [0.25, 0.3) is 0 Å². The zero-order valence-corrected chi connectivity index (χ0v) is 22.2. The summed E-state index contributed by atoms with van der Waals surface area (Å²) >= 11 is 2.65. The van der Waals surface area contributed by atoms with Crippen molar-refractivity contribution < 1.29 is 18.9 Å². The van der Waals surface area contributed by atoms with E-state index in [1.54, 1.807) is 3.48 Å². The first-order valence-corrected chi connectivity index (χ1v) is 12.4. The molecule has 0 N–H and O–H groups in total. The first-order valence-electron chi connectivity index (χ1n) is 11.3. The molecule has 0 heterocycles. The molecule has 0 aliphatic rings. The van der Waals surface area contributed by atoms with E-state index in [1.165, 1.54) is 44.9 Å². The summed E-state index contributed by atoms with van der Waals surface area (Å²) in [5.41, 5.74) is 0. The second-order valence-corrected chi connectivity index (χ2v) is 10.3. The molecule has 0 rings (SSSR count). The zero-order chi connectivity index (χ0) is 20.2. The second kappa shape index (κ2) is 16.5. The molecule has 152 valence electrons. The number of hydrogen-bond acceptors (Lipinski definition) is 0. The van der Waals surface area contributed by atoms with E-state index < -0.39 is 6.15 Å². The van der Waals surface area contributed by atoms with Crippen LogP contribution in [-0.4, -0.2) is 6.15 Å². The van der Waals surface area contributed by atoms with Crippen LogP contribution in [0.15, 0.2) is 9.56 Å². The van der Waals surface area contributed by atoms with Gasteiger partial charge < -0.3 is 5.82 Å². The van der Waals surface area contributed by atoms with Gasteiger partial charge >= 0.3 is 18.9 Å². The van der Waals surface area contributed by atoms with Crippen LogP contribution < -0.4 is 18.9 Å². The Morgan fingerprint density at radius 2 is 1.37 bits per heavy atom. The molecule has 0 aromatic rings. The van der Waals surface area contributed by atoms with E-state index in [4.69, 9.17) is 0 Å². The van der Waals surface area contributed by atoms with Crippen LogP contribution in [0.4, 0.5) is 0 Å². The quantitative estimate of drug-likeness (QED) is 0.138. The number of halogens is 1. The number of hydrogen-bond donors (Lipinski definition) is 0. The van der Waals surface area contributed by atoms with Crippen LogP contribution in [0.5, 0.6) is 0 Å². The van der Waals surface area contributed by atoms with Crippen molar-refractivity contribution in [1.29, 1.82) is 0 Å². The fourth-order valence-corrected chi connectivity index (χ4v) is 5.65. The van der Waals surface area contributed by atoms with Crippen molar-refractivity contribution in [3.63, 3.8) is 0 Å². The number of unbranched alkanes of at least 4 members (excludes halogenated alkanes) is 6. The molecule has 0 nitrogen and oxygen atoms in total. The van der Waals surface area contributed by atoms with Crippen LogP contribution in [-0.2, 0) is 0 Å². The molecule has 0 aromatic carbocycles. The molecule has 0 saturated heterocycles. The van der Waals surface area contributed by atoms with Crippen molar-refractivity contribution in [1.82, 2.24) is 0 Å². The number of rotatable bonds is 12. The monoisotopic (exact) mass is 478 g/mol. The summed E-state index contributed by atoms with van der Waals surface area (Å²) in [4.78, 5) is 0. The molecule has 0 bridgehead atoms. The van der Waals surface area contributed by atoms with E-state index >= 15 is 0 Å². The van der Waals surface area contributed by atoms with E-state index in [-0.39, 0.29) is 18.9 Å². The normalized spacial score (nSPS) is 16.3. The van der Waals surface area contributed by atoms with Gasteiger partial charge in [0.2, 0.25) is 0 Å². The minimum atomic E-state index is -0.838. The SMILES string of the molecule is CCCC/C=C(\I)[B-](C#CCCCCCC)(C(C)C(C)C)C(C)C(C)C.[Li+]. The Balaban J connectivity index is 0. The molecular formula is C24H45BILi. The van der Waals surface area contributed by atoms with Gasteiger partial charge in [0.05, 0.1) is 0 Å². The van der Waals surface area contributed by atoms with Crippen LogP contribution in [0.3, 0.4) is 0 Å². The van der Waals surface area contributed by atoms with Crippen molar-refractivity contribution in [2.45, 2.75) is 118 Å². The summed E-state index contributed by atoms with van der Waals surface area (Å²) in [5.74, 6) is 10.2. The molecule has 3 heteroatoms. The molecule has 0 saturated carbocycles. The van der Waals surface area contributed by atoms with E-state index in [9.17, 15) is 0 Å². The van der Waals surface area contributed by atoms with Gasteiger partial charge in [-0.3, -0.25) is 0 Å². The minimum absolute atomic E-state index is 0. The van der Waals surface area contributed by atoms with Gasteiger partial charge in [0.1, 0.15) is 6.15 Å². The maximum Gasteiger partial charge on any atom is 1.00 e. The molecule has 0 fully saturated rings. The Kier molecular flexibility index (Phi) is 18.3. The predicted molar refractivity (Wildman–Crippen MR) is 132 cm³/mol. The third-order valence-electron chi connectivity index (χ3n) is 6.61. The predicted octanol–water partition coefficient (Wildman–Crippen LogP) is 6.09. The Hall–Kier alpha value is 0.692. The average molecular weight is 478 g/mol. The van der Waals surface area contributed by atoms with Crippen LogP contribution >= 0.6 is 22.6 Å². The third-order valence-corrected chi connectivity index (χ3v) is 8.08. The molecule has 2 atom stereocenters. The average Bonchev–Trinajstić information content (AvgIpc) is 2.60. The molecule has 2 unspecified atom stereocenters. The number of allylic oxidation sites excluding steroid dienone is 1. The smallest absolute Gasteiger partial charge is 0.308 e. The fourth-order valence-electron chi connectivity index (χ4n) is 4.05. The Labute approximate surface area is 198 Å². The molecule has 27 heavy (non-hydrogen) atoms. The van der Waals surface area contributed by atoms with Gasteiger partial charge in [0.25, 0.3) is 0 Å². The van der Waals surface area contributed by atoms with Gasteiger partial charge in [0, 0.05) is 6.42 Å². The maximum atomic E-state index is 3.94. The van der Waals surface area contributed by atoms with Gasteiger partial charge in [-0.15, -0.1) is 12.0 Å². The van der Waals surface area contributed by atoms with Gasteiger partial charge in [-0.25, -0.2) is 0 Å². The van der Waals surface area contributed by atoms with Crippen molar-refractivity contribution in [3.05, 3.63) is 9.56 Å². The van der Waals surface area contributed by atoms with E-state index in [0.717, 1.165) is 6.42 Å². The fraction of sp³-hybridized carbons (Fsp3) is 0.833. The topological polar surface area (TPSA) is 0 Å². The Morgan fingerprint density at radius 1 is 0.852 bits per heavy atom. The summed E-state index contributed by atoms with van der Waals surface area (Å²) in [6.45, 7) is 19.0. The maximum absolute atomic E-state index is 3.94. The van der Waals surface area contributed by atoms with E-state index in [2.05, 4.69) is 95.8 Å². The first-order chi connectivity index (χ1) is 12.3. The molecule has 0 spiro atoms. The van der Waals surface area contributed by atoms with E-state index in [1.807, 2.05) is 0 Å². The first kappa shape index (κ1) is 29.9.